The molecule has 156 valence electrons. The van der Waals surface area contributed by atoms with E-state index in [0.29, 0.717) is 11.6 Å². The van der Waals surface area contributed by atoms with Crippen LogP contribution in [0.2, 0.25) is 0 Å². The minimum Gasteiger partial charge on any atom is -0.411 e. The molecule has 3 rings (SSSR count). The maximum absolute atomic E-state index is 13.2. The lowest BCUT2D eigenvalue weighted by atomic mass is 10.1. The Morgan fingerprint density at radius 3 is 2.53 bits per heavy atom. The number of nitrogens with one attached hydrogen (secondary N) is 1. The minimum absolute atomic E-state index is 0.0699. The molecule has 8 nitrogen and oxygen atoms in total. The van der Waals surface area contributed by atoms with Crippen LogP contribution in [0, 0.1) is 17.0 Å². The van der Waals surface area contributed by atoms with Crippen molar-refractivity contribution in [2.75, 3.05) is 11.1 Å². The van der Waals surface area contributed by atoms with E-state index in [1.165, 1.54) is 0 Å². The Morgan fingerprint density at radius 1 is 1.20 bits per heavy atom. The van der Waals surface area contributed by atoms with Crippen LogP contribution < -0.4 is 5.32 Å². The van der Waals surface area contributed by atoms with Crippen LogP contribution in [0.4, 0.5) is 24.5 Å². The average molecular weight is 438 g/mol. The fourth-order valence-corrected chi connectivity index (χ4v) is 2.95. The summed E-state index contributed by atoms with van der Waals surface area (Å²) in [6.45, 7) is 1.92. The van der Waals surface area contributed by atoms with E-state index in [-0.39, 0.29) is 16.9 Å². The molecule has 0 fully saturated rings. The second kappa shape index (κ2) is 8.53. The Balaban J connectivity index is 1.67. The van der Waals surface area contributed by atoms with Crippen LogP contribution in [-0.4, -0.2) is 26.8 Å². The number of benzene rings is 2. The second-order valence-electron chi connectivity index (χ2n) is 6.06. The number of hydrogen-bond donors (Lipinski definition) is 1. The molecule has 0 aliphatic rings. The number of hydrogen-bond acceptors (Lipinski definition) is 7. The normalized spacial score (nSPS) is 11.3. The molecule has 0 bridgehead atoms. The molecule has 0 radical (unpaired) electrons. The zero-order valence-electron chi connectivity index (χ0n) is 15.3. The van der Waals surface area contributed by atoms with Crippen molar-refractivity contribution in [1.82, 2.24) is 10.2 Å². The lowest BCUT2D eigenvalue weighted by Gasteiger charge is -2.13. The van der Waals surface area contributed by atoms with Crippen molar-refractivity contribution in [2.24, 2.45) is 0 Å². The number of carbonyl (C=O) groups is 1. The number of non-ortho nitro benzene ring substituents is 1. The fraction of sp³-hybridized carbons (Fsp3) is 0.167. The second-order valence-corrected chi connectivity index (χ2v) is 6.99. The Kier molecular flexibility index (Phi) is 6.06. The quantitative estimate of drug-likeness (QED) is 0.337. The van der Waals surface area contributed by atoms with Crippen LogP contribution in [0.1, 0.15) is 11.1 Å². The van der Waals surface area contributed by atoms with Crippen molar-refractivity contribution in [3.63, 3.8) is 0 Å². The summed E-state index contributed by atoms with van der Waals surface area (Å²) in [5.41, 5.74) is -0.887. The number of thioether (sulfide) groups is 1. The molecule has 2 aromatic carbocycles. The first-order chi connectivity index (χ1) is 14.1. The van der Waals surface area contributed by atoms with Gasteiger partial charge in [0.25, 0.3) is 10.9 Å². The molecule has 0 spiro atoms. The maximum atomic E-state index is 13.2. The Hall–Kier alpha value is -3.41. The van der Waals surface area contributed by atoms with E-state index >= 15 is 0 Å². The van der Waals surface area contributed by atoms with Crippen LogP contribution in [0.25, 0.3) is 11.5 Å². The van der Waals surface area contributed by atoms with Gasteiger partial charge in [-0.2, -0.15) is 13.2 Å². The molecule has 1 heterocycles. The first kappa shape index (κ1) is 21.3. The molecule has 0 aliphatic carbocycles. The molecular formula is C18H13F3N4O4S. The third-order valence-electron chi connectivity index (χ3n) is 3.83. The summed E-state index contributed by atoms with van der Waals surface area (Å²) in [5, 5.41) is 20.6. The smallest absolute Gasteiger partial charge is 0.411 e. The molecule has 3 aromatic rings. The molecule has 1 amide bonds. The number of anilines is 1. The highest BCUT2D eigenvalue weighted by Crippen LogP contribution is 2.37. The Bertz CT molecular complexity index is 1080. The summed E-state index contributed by atoms with van der Waals surface area (Å²) in [5.74, 6) is -0.828. The fourth-order valence-electron chi connectivity index (χ4n) is 2.38. The summed E-state index contributed by atoms with van der Waals surface area (Å²) < 4.78 is 44.9. The first-order valence-corrected chi connectivity index (χ1v) is 9.31. The molecule has 12 heteroatoms. The van der Waals surface area contributed by atoms with E-state index < -0.39 is 33.9 Å². The van der Waals surface area contributed by atoms with Crippen molar-refractivity contribution < 1.29 is 27.3 Å². The number of aryl methyl sites for hydroxylation is 1. The number of alkyl halides is 3. The molecule has 1 N–H and O–H groups in total. The predicted molar refractivity (Wildman–Crippen MR) is 102 cm³/mol. The summed E-state index contributed by atoms with van der Waals surface area (Å²) in [7, 11) is 0. The number of nitrogens with zero attached hydrogens (tertiary/aromatic N) is 3. The van der Waals surface area contributed by atoms with Gasteiger partial charge in [0.05, 0.1) is 21.9 Å². The highest BCUT2D eigenvalue weighted by molar-refractivity contribution is 7.99. The van der Waals surface area contributed by atoms with Gasteiger partial charge >= 0.3 is 6.18 Å². The largest absolute Gasteiger partial charge is 0.418 e. The number of rotatable bonds is 6. The van der Waals surface area contributed by atoms with Gasteiger partial charge in [0, 0.05) is 17.7 Å². The van der Waals surface area contributed by atoms with E-state index in [0.717, 1.165) is 29.5 Å². The standard InChI is InChI=1S/C18H13F3N4O4S/c1-10-2-4-11(5-3-10)16-23-24-17(29-16)30-9-15(26)22-14-7-6-12(25(27)28)8-13(14)18(19,20)21/h2-8H,9H2,1H3,(H,22,26). The van der Waals surface area contributed by atoms with Gasteiger partial charge in [-0.1, -0.05) is 29.5 Å². The number of nitro benzene ring substituents is 1. The Labute approximate surface area is 171 Å². The van der Waals surface area contributed by atoms with E-state index in [1.54, 1.807) is 12.1 Å². The molecule has 0 saturated heterocycles. The number of aromatic nitrogens is 2. The minimum atomic E-state index is -4.88. The molecule has 0 saturated carbocycles. The summed E-state index contributed by atoms with van der Waals surface area (Å²) in [6.07, 6.45) is -4.88. The molecular weight excluding hydrogens is 425 g/mol. The van der Waals surface area contributed by atoms with E-state index in [4.69, 9.17) is 4.42 Å². The van der Waals surface area contributed by atoms with Crippen molar-refractivity contribution in [1.29, 1.82) is 0 Å². The van der Waals surface area contributed by atoms with Gasteiger partial charge < -0.3 is 9.73 Å². The lowest BCUT2D eigenvalue weighted by molar-refractivity contribution is -0.385. The molecule has 0 atom stereocenters. The SMILES string of the molecule is Cc1ccc(-c2nnc(SCC(=O)Nc3ccc([N+](=O)[O-])cc3C(F)(F)F)o2)cc1. The van der Waals surface area contributed by atoms with Crippen LogP contribution in [-0.2, 0) is 11.0 Å². The molecule has 0 aliphatic heterocycles. The topological polar surface area (TPSA) is 111 Å². The number of amides is 1. The summed E-state index contributed by atoms with van der Waals surface area (Å²) >= 11 is 0.846. The van der Waals surface area contributed by atoms with Gasteiger partial charge in [0.15, 0.2) is 0 Å². The highest BCUT2D eigenvalue weighted by Gasteiger charge is 2.35. The lowest BCUT2D eigenvalue weighted by Crippen LogP contribution is -2.18. The summed E-state index contributed by atoms with van der Waals surface area (Å²) in [6, 6.07) is 9.39. The Morgan fingerprint density at radius 2 is 1.90 bits per heavy atom. The van der Waals surface area contributed by atoms with Gasteiger partial charge in [-0.15, -0.1) is 10.2 Å². The first-order valence-electron chi connectivity index (χ1n) is 8.32. The number of halogens is 3. The average Bonchev–Trinajstić information content (AvgIpc) is 3.15. The summed E-state index contributed by atoms with van der Waals surface area (Å²) in [4.78, 5) is 21.8. The third-order valence-corrected chi connectivity index (χ3v) is 4.64. The van der Waals surface area contributed by atoms with Crippen molar-refractivity contribution in [3.05, 3.63) is 63.7 Å². The van der Waals surface area contributed by atoms with Gasteiger partial charge in [-0.3, -0.25) is 14.9 Å². The van der Waals surface area contributed by atoms with Gasteiger partial charge in [0.2, 0.25) is 11.8 Å². The van der Waals surface area contributed by atoms with Gasteiger partial charge in [-0.05, 0) is 25.1 Å². The zero-order valence-corrected chi connectivity index (χ0v) is 16.1. The van der Waals surface area contributed by atoms with Crippen molar-refractivity contribution in [3.8, 4) is 11.5 Å². The zero-order chi connectivity index (χ0) is 21.9. The van der Waals surface area contributed by atoms with Crippen LogP contribution in [0.3, 0.4) is 0 Å². The predicted octanol–water partition coefficient (Wildman–Crippen LogP) is 4.70. The van der Waals surface area contributed by atoms with E-state index in [1.807, 2.05) is 19.1 Å². The monoisotopic (exact) mass is 438 g/mol. The van der Waals surface area contributed by atoms with Crippen LogP contribution >= 0.6 is 11.8 Å². The third kappa shape index (κ3) is 5.14. The van der Waals surface area contributed by atoms with Crippen molar-refractivity contribution in [2.45, 2.75) is 18.3 Å². The molecule has 0 unspecified atom stereocenters. The van der Waals surface area contributed by atoms with E-state index in [9.17, 15) is 28.1 Å². The van der Waals surface area contributed by atoms with E-state index in [2.05, 4.69) is 15.5 Å². The molecule has 30 heavy (non-hydrogen) atoms. The van der Waals surface area contributed by atoms with Gasteiger partial charge in [-0.25, -0.2) is 0 Å². The van der Waals surface area contributed by atoms with Crippen LogP contribution in [0.5, 0.6) is 0 Å². The van der Waals surface area contributed by atoms with Gasteiger partial charge in [0.1, 0.15) is 0 Å². The maximum Gasteiger partial charge on any atom is 0.418 e. The van der Waals surface area contributed by atoms with Crippen molar-refractivity contribution >= 4 is 29.0 Å². The number of nitro groups is 1. The van der Waals surface area contributed by atoms with Crippen LogP contribution in [0.15, 0.2) is 52.1 Å². The molecule has 1 aromatic heterocycles. The highest BCUT2D eigenvalue weighted by atomic mass is 32.2. The number of carbonyl (C=O) groups excluding carboxylic acids is 1.